The largest absolute Gasteiger partial charge is 0.493 e. The maximum Gasteiger partial charge on any atom is 0.340 e. The number of halogens is 1. The zero-order valence-electron chi connectivity index (χ0n) is 19.2. The van der Waals surface area contributed by atoms with Crippen molar-refractivity contribution in [2.45, 2.75) is 18.6 Å². The van der Waals surface area contributed by atoms with Gasteiger partial charge in [-0.05, 0) is 18.9 Å². The molecule has 1 aliphatic heterocycles. The van der Waals surface area contributed by atoms with E-state index in [4.69, 9.17) is 14.2 Å². The first-order chi connectivity index (χ1) is 16.2. The van der Waals surface area contributed by atoms with Gasteiger partial charge in [-0.3, -0.25) is 4.79 Å². The van der Waals surface area contributed by atoms with E-state index in [0.29, 0.717) is 11.5 Å². The average molecular weight is 495 g/mol. The van der Waals surface area contributed by atoms with E-state index in [1.54, 1.807) is 6.07 Å². The third kappa shape index (κ3) is 5.65. The number of nitrogens with zero attached hydrogens (tertiary/aromatic N) is 1. The van der Waals surface area contributed by atoms with Crippen LogP contribution in [0.25, 0.3) is 0 Å². The molecule has 1 amide bonds. The van der Waals surface area contributed by atoms with E-state index < -0.39 is 33.5 Å². The first kappa shape index (κ1) is 25.4. The molecular weight excluding hydrogens is 467 g/mol. The number of piperidine rings is 1. The number of methoxy groups -OCH3 is 3. The van der Waals surface area contributed by atoms with Crippen LogP contribution in [0.5, 0.6) is 11.5 Å². The molecule has 0 spiro atoms. The number of amides is 1. The van der Waals surface area contributed by atoms with Gasteiger partial charge in [0.25, 0.3) is 0 Å². The first-order valence-corrected chi connectivity index (χ1v) is 12.2. The van der Waals surface area contributed by atoms with Crippen LogP contribution in [-0.2, 0) is 25.3 Å². The molecule has 1 saturated heterocycles. The molecule has 3 rings (SSSR count). The predicted octanol–water partition coefficient (Wildman–Crippen LogP) is 2.81. The van der Waals surface area contributed by atoms with E-state index in [9.17, 15) is 22.4 Å². The second-order valence-corrected chi connectivity index (χ2v) is 9.72. The number of sulfonamides is 1. The van der Waals surface area contributed by atoms with Crippen LogP contribution in [0.3, 0.4) is 0 Å². The molecule has 184 valence electrons. The first-order valence-electron chi connectivity index (χ1n) is 10.6. The summed E-state index contributed by atoms with van der Waals surface area (Å²) in [5, 5.41) is 2.73. The smallest absolute Gasteiger partial charge is 0.340 e. The van der Waals surface area contributed by atoms with Crippen LogP contribution in [0, 0.1) is 11.7 Å². The molecule has 0 aromatic heterocycles. The number of hydrogen-bond acceptors (Lipinski definition) is 7. The number of esters is 1. The maximum absolute atomic E-state index is 13.9. The zero-order valence-corrected chi connectivity index (χ0v) is 20.0. The third-order valence-electron chi connectivity index (χ3n) is 5.70. The van der Waals surface area contributed by atoms with E-state index in [2.05, 4.69) is 5.32 Å². The van der Waals surface area contributed by atoms with Crippen LogP contribution in [0.2, 0.25) is 0 Å². The zero-order chi connectivity index (χ0) is 24.9. The topological polar surface area (TPSA) is 111 Å². The lowest BCUT2D eigenvalue weighted by Crippen LogP contribution is -2.42. The molecule has 0 atom stereocenters. The van der Waals surface area contributed by atoms with E-state index in [1.165, 1.54) is 56.0 Å². The molecule has 34 heavy (non-hydrogen) atoms. The molecule has 1 heterocycles. The fraction of sp³-hybridized carbons (Fsp3) is 0.391. The van der Waals surface area contributed by atoms with Gasteiger partial charge in [0.2, 0.25) is 15.9 Å². The summed E-state index contributed by atoms with van der Waals surface area (Å²) in [6.07, 6.45) is 0.562. The standard InChI is InChI=1S/C23H27FN2O7S/c1-31-20-12-17(23(28)33-3)19(13-21(20)32-2)25-22(27)15-8-10-26(11-9-15)34(29,30)14-16-6-4-5-7-18(16)24/h4-7,12-13,15H,8-11,14H2,1-3H3,(H,25,27). The van der Waals surface area contributed by atoms with Gasteiger partial charge in [-0.15, -0.1) is 0 Å². The van der Waals surface area contributed by atoms with Crippen molar-refractivity contribution in [2.24, 2.45) is 5.92 Å². The second kappa shape index (κ2) is 10.8. The van der Waals surface area contributed by atoms with Gasteiger partial charge in [-0.25, -0.2) is 21.9 Å². The summed E-state index contributed by atoms with van der Waals surface area (Å²) in [6.45, 7) is 0.259. The van der Waals surface area contributed by atoms with Crippen molar-refractivity contribution in [1.29, 1.82) is 0 Å². The van der Waals surface area contributed by atoms with Crippen molar-refractivity contribution in [1.82, 2.24) is 4.31 Å². The molecule has 0 unspecified atom stereocenters. The minimum atomic E-state index is -3.73. The number of rotatable bonds is 8. The number of carbonyl (C=O) groups is 2. The SMILES string of the molecule is COC(=O)c1cc(OC)c(OC)cc1NC(=O)C1CCN(S(=O)(=O)Cc2ccccc2F)CC1. The van der Waals surface area contributed by atoms with Crippen molar-refractivity contribution >= 4 is 27.6 Å². The summed E-state index contributed by atoms with van der Waals surface area (Å²) in [7, 11) is 0.340. The molecule has 2 aromatic rings. The monoisotopic (exact) mass is 494 g/mol. The van der Waals surface area contributed by atoms with Gasteiger partial charge in [0.05, 0.1) is 38.3 Å². The molecule has 2 aromatic carbocycles. The highest BCUT2D eigenvalue weighted by Crippen LogP contribution is 2.34. The summed E-state index contributed by atoms with van der Waals surface area (Å²) in [5.41, 5.74) is 0.397. The Balaban J connectivity index is 1.69. The van der Waals surface area contributed by atoms with Crippen LogP contribution < -0.4 is 14.8 Å². The number of ether oxygens (including phenoxy) is 3. The molecular formula is C23H27FN2O7S. The van der Waals surface area contributed by atoms with Crippen LogP contribution in [-0.4, -0.2) is 59.0 Å². The molecule has 9 nitrogen and oxygen atoms in total. The van der Waals surface area contributed by atoms with Crippen molar-refractivity contribution in [3.63, 3.8) is 0 Å². The third-order valence-corrected chi connectivity index (χ3v) is 7.53. The highest BCUT2D eigenvalue weighted by atomic mass is 32.2. The Morgan fingerprint density at radius 1 is 1.06 bits per heavy atom. The molecule has 11 heteroatoms. The molecule has 0 radical (unpaired) electrons. The van der Waals surface area contributed by atoms with Crippen molar-refractivity contribution in [3.8, 4) is 11.5 Å². The van der Waals surface area contributed by atoms with Crippen molar-refractivity contribution in [2.75, 3.05) is 39.7 Å². The molecule has 1 aliphatic rings. The van der Waals surface area contributed by atoms with E-state index in [-0.39, 0.29) is 48.7 Å². The Morgan fingerprint density at radius 2 is 1.68 bits per heavy atom. The maximum atomic E-state index is 13.9. The molecule has 1 N–H and O–H groups in total. The number of anilines is 1. The normalized spacial score (nSPS) is 14.9. The summed E-state index contributed by atoms with van der Waals surface area (Å²) >= 11 is 0. The van der Waals surface area contributed by atoms with Gasteiger partial charge < -0.3 is 19.5 Å². The van der Waals surface area contributed by atoms with Gasteiger partial charge in [-0.2, -0.15) is 0 Å². The number of nitrogens with one attached hydrogen (secondary N) is 1. The molecule has 0 bridgehead atoms. The van der Waals surface area contributed by atoms with Gasteiger partial charge in [0.15, 0.2) is 11.5 Å². The Hall–Kier alpha value is -3.18. The minimum absolute atomic E-state index is 0.0957. The molecule has 1 fully saturated rings. The van der Waals surface area contributed by atoms with Crippen LogP contribution in [0.15, 0.2) is 36.4 Å². The van der Waals surface area contributed by atoms with Gasteiger partial charge in [-0.1, -0.05) is 18.2 Å². The van der Waals surface area contributed by atoms with Crippen molar-refractivity contribution < 1.29 is 36.6 Å². The highest BCUT2D eigenvalue weighted by molar-refractivity contribution is 7.88. The van der Waals surface area contributed by atoms with Crippen LogP contribution in [0.4, 0.5) is 10.1 Å². The van der Waals surface area contributed by atoms with Gasteiger partial charge >= 0.3 is 5.97 Å². The van der Waals surface area contributed by atoms with Crippen molar-refractivity contribution in [3.05, 3.63) is 53.3 Å². The van der Waals surface area contributed by atoms with E-state index in [0.717, 1.165) is 0 Å². The summed E-state index contributed by atoms with van der Waals surface area (Å²) < 4.78 is 55.9. The highest BCUT2D eigenvalue weighted by Gasteiger charge is 2.32. The summed E-state index contributed by atoms with van der Waals surface area (Å²) in [4.78, 5) is 25.1. The van der Waals surface area contributed by atoms with Crippen LogP contribution >= 0.6 is 0 Å². The quantitative estimate of drug-likeness (QED) is 0.562. The number of benzene rings is 2. The van der Waals surface area contributed by atoms with E-state index >= 15 is 0 Å². The summed E-state index contributed by atoms with van der Waals surface area (Å²) in [6, 6.07) is 8.63. The van der Waals surface area contributed by atoms with Gasteiger partial charge in [0, 0.05) is 36.7 Å². The fourth-order valence-corrected chi connectivity index (χ4v) is 5.37. The second-order valence-electron chi connectivity index (χ2n) is 7.75. The van der Waals surface area contributed by atoms with Gasteiger partial charge in [0.1, 0.15) is 5.82 Å². The average Bonchev–Trinajstić information content (AvgIpc) is 2.84. The Kier molecular flexibility index (Phi) is 8.11. The molecule has 0 saturated carbocycles. The van der Waals surface area contributed by atoms with Crippen LogP contribution in [0.1, 0.15) is 28.8 Å². The lowest BCUT2D eigenvalue weighted by atomic mass is 9.97. The fourth-order valence-electron chi connectivity index (χ4n) is 3.80. The Morgan fingerprint density at radius 3 is 2.26 bits per heavy atom. The minimum Gasteiger partial charge on any atom is -0.493 e. The summed E-state index contributed by atoms with van der Waals surface area (Å²) in [5.74, 6) is -1.89. The predicted molar refractivity (Wildman–Crippen MR) is 123 cm³/mol. The van der Waals surface area contributed by atoms with E-state index in [1.807, 2.05) is 0 Å². The number of hydrogen-bond donors (Lipinski definition) is 1. The lowest BCUT2D eigenvalue weighted by Gasteiger charge is -2.30. The Bertz CT molecular complexity index is 1160. The molecule has 0 aliphatic carbocycles. The Labute approximate surface area is 197 Å². The lowest BCUT2D eigenvalue weighted by molar-refractivity contribution is -0.120. The number of carbonyl (C=O) groups excluding carboxylic acids is 2.